The van der Waals surface area contributed by atoms with Crippen LogP contribution in [0.4, 0.5) is 5.82 Å². The van der Waals surface area contributed by atoms with Gasteiger partial charge in [-0.05, 0) is 44.0 Å². The van der Waals surface area contributed by atoms with Crippen LogP contribution >= 0.6 is 0 Å². The van der Waals surface area contributed by atoms with E-state index < -0.39 is 0 Å². The van der Waals surface area contributed by atoms with Gasteiger partial charge in [0.2, 0.25) is 5.91 Å². The average Bonchev–Trinajstić information content (AvgIpc) is 3.40. The molecule has 2 aromatic heterocycles. The summed E-state index contributed by atoms with van der Waals surface area (Å²) in [6.07, 6.45) is 4.30. The molecule has 1 aliphatic rings. The van der Waals surface area contributed by atoms with Gasteiger partial charge < -0.3 is 14.7 Å². The molecule has 1 saturated heterocycles. The number of nitrogens with one attached hydrogen (secondary N) is 1. The van der Waals surface area contributed by atoms with Crippen molar-refractivity contribution < 1.29 is 14.1 Å². The summed E-state index contributed by atoms with van der Waals surface area (Å²) < 4.78 is 6.59. The van der Waals surface area contributed by atoms with Crippen molar-refractivity contribution in [1.82, 2.24) is 24.8 Å². The Bertz CT molecular complexity index is 956. The number of carbonyl (C=O) groups excluding carboxylic acids is 2. The van der Waals surface area contributed by atoms with Crippen molar-refractivity contribution in [3.8, 4) is 5.69 Å². The van der Waals surface area contributed by atoms with Crippen molar-refractivity contribution in [3.63, 3.8) is 0 Å². The second kappa shape index (κ2) is 7.63. The minimum atomic E-state index is -0.143. The molecular formula is C19H20N6O3. The van der Waals surface area contributed by atoms with E-state index in [1.807, 2.05) is 12.1 Å². The van der Waals surface area contributed by atoms with Crippen LogP contribution in [0.15, 0.2) is 47.5 Å². The second-order valence-corrected chi connectivity index (χ2v) is 6.77. The van der Waals surface area contributed by atoms with Gasteiger partial charge in [0.1, 0.15) is 18.4 Å². The van der Waals surface area contributed by atoms with Crippen LogP contribution in [0.3, 0.4) is 0 Å². The molecule has 0 spiro atoms. The summed E-state index contributed by atoms with van der Waals surface area (Å²) >= 11 is 0. The Kier molecular flexibility index (Phi) is 4.88. The highest BCUT2D eigenvalue weighted by molar-refractivity contribution is 5.95. The van der Waals surface area contributed by atoms with E-state index in [-0.39, 0.29) is 17.7 Å². The van der Waals surface area contributed by atoms with E-state index in [0.29, 0.717) is 43.1 Å². The summed E-state index contributed by atoms with van der Waals surface area (Å²) in [4.78, 5) is 30.8. The first-order valence-electron chi connectivity index (χ1n) is 9.08. The molecule has 1 fully saturated rings. The Labute approximate surface area is 161 Å². The third-order valence-electron chi connectivity index (χ3n) is 4.83. The summed E-state index contributed by atoms with van der Waals surface area (Å²) in [6, 6.07) is 8.92. The number of nitrogens with zero attached hydrogens (tertiary/aromatic N) is 5. The fourth-order valence-corrected chi connectivity index (χ4v) is 3.28. The molecule has 0 unspecified atom stereocenters. The number of hydrogen-bond donors (Lipinski definition) is 1. The third kappa shape index (κ3) is 3.78. The van der Waals surface area contributed by atoms with Gasteiger partial charge in [0.25, 0.3) is 5.91 Å². The predicted octanol–water partition coefficient (Wildman–Crippen LogP) is 2.05. The number of rotatable bonds is 4. The van der Waals surface area contributed by atoms with Crippen molar-refractivity contribution in [2.24, 2.45) is 5.92 Å². The van der Waals surface area contributed by atoms with E-state index >= 15 is 0 Å². The number of aromatic nitrogens is 4. The average molecular weight is 380 g/mol. The van der Waals surface area contributed by atoms with Gasteiger partial charge in [-0.2, -0.15) is 5.10 Å². The lowest BCUT2D eigenvalue weighted by atomic mass is 9.95. The first kappa shape index (κ1) is 17.9. The predicted molar refractivity (Wildman–Crippen MR) is 99.9 cm³/mol. The Hall–Kier alpha value is -3.49. The Morgan fingerprint density at radius 1 is 1.18 bits per heavy atom. The molecule has 28 heavy (non-hydrogen) atoms. The van der Waals surface area contributed by atoms with Crippen molar-refractivity contribution in [1.29, 1.82) is 0 Å². The van der Waals surface area contributed by atoms with Crippen molar-refractivity contribution >= 4 is 17.6 Å². The Balaban J connectivity index is 1.33. The lowest BCUT2D eigenvalue weighted by Gasteiger charge is -2.31. The molecule has 3 aromatic rings. The third-order valence-corrected chi connectivity index (χ3v) is 4.83. The van der Waals surface area contributed by atoms with E-state index in [1.165, 1.54) is 6.33 Å². The van der Waals surface area contributed by atoms with Gasteiger partial charge in [0, 0.05) is 30.6 Å². The van der Waals surface area contributed by atoms with Gasteiger partial charge in [-0.3, -0.25) is 9.59 Å². The molecule has 3 heterocycles. The number of piperidine rings is 1. The van der Waals surface area contributed by atoms with Gasteiger partial charge >= 0.3 is 0 Å². The number of anilines is 1. The van der Waals surface area contributed by atoms with Gasteiger partial charge in [0.05, 0.1) is 5.69 Å². The van der Waals surface area contributed by atoms with Crippen LogP contribution in [0, 0.1) is 12.8 Å². The SMILES string of the molecule is Cc1cc(NC(=O)C2CCN(C(=O)c3ccc(-n4cncn4)cc3)CC2)no1. The van der Waals surface area contributed by atoms with Crippen LogP contribution in [0.25, 0.3) is 5.69 Å². The second-order valence-electron chi connectivity index (χ2n) is 6.77. The lowest BCUT2D eigenvalue weighted by molar-refractivity contribution is -0.121. The number of aryl methyl sites for hydroxylation is 1. The normalized spacial score (nSPS) is 14.8. The quantitative estimate of drug-likeness (QED) is 0.742. The monoisotopic (exact) mass is 380 g/mol. The molecule has 0 aliphatic carbocycles. The summed E-state index contributed by atoms with van der Waals surface area (Å²) in [6.45, 7) is 2.85. The van der Waals surface area contributed by atoms with Crippen LogP contribution < -0.4 is 5.32 Å². The number of amides is 2. The maximum atomic E-state index is 12.7. The van der Waals surface area contributed by atoms with Gasteiger partial charge in [-0.15, -0.1) is 0 Å². The molecule has 144 valence electrons. The molecular weight excluding hydrogens is 360 g/mol. The molecule has 0 radical (unpaired) electrons. The van der Waals surface area contributed by atoms with Crippen LogP contribution in [0.5, 0.6) is 0 Å². The number of benzene rings is 1. The zero-order valence-corrected chi connectivity index (χ0v) is 15.4. The fraction of sp³-hybridized carbons (Fsp3) is 0.316. The first-order chi connectivity index (χ1) is 13.6. The Morgan fingerprint density at radius 2 is 1.93 bits per heavy atom. The van der Waals surface area contributed by atoms with Crippen molar-refractivity contribution in [3.05, 3.63) is 54.3 Å². The summed E-state index contributed by atoms with van der Waals surface area (Å²) in [5, 5.41) is 10.6. The summed E-state index contributed by atoms with van der Waals surface area (Å²) in [5.74, 6) is 0.809. The minimum absolute atomic E-state index is 0.0314. The van der Waals surface area contributed by atoms with E-state index in [0.717, 1.165) is 5.69 Å². The number of hydrogen-bond acceptors (Lipinski definition) is 6. The number of likely N-dealkylation sites (tertiary alicyclic amines) is 1. The summed E-state index contributed by atoms with van der Waals surface area (Å²) in [5.41, 5.74) is 1.46. The molecule has 4 rings (SSSR count). The first-order valence-corrected chi connectivity index (χ1v) is 9.08. The van der Waals surface area contributed by atoms with Crippen LogP contribution in [-0.4, -0.2) is 49.7 Å². The smallest absolute Gasteiger partial charge is 0.253 e. The highest BCUT2D eigenvalue weighted by Crippen LogP contribution is 2.21. The Morgan fingerprint density at radius 3 is 2.54 bits per heavy atom. The van der Waals surface area contributed by atoms with Crippen molar-refractivity contribution in [2.45, 2.75) is 19.8 Å². The van der Waals surface area contributed by atoms with Gasteiger partial charge in [0.15, 0.2) is 5.82 Å². The summed E-state index contributed by atoms with van der Waals surface area (Å²) in [7, 11) is 0. The van der Waals surface area contributed by atoms with Crippen LogP contribution in [0.1, 0.15) is 29.0 Å². The lowest BCUT2D eigenvalue weighted by Crippen LogP contribution is -2.41. The van der Waals surface area contributed by atoms with E-state index in [2.05, 4.69) is 20.6 Å². The largest absolute Gasteiger partial charge is 0.360 e. The molecule has 1 aromatic carbocycles. The van der Waals surface area contributed by atoms with E-state index in [9.17, 15) is 9.59 Å². The van der Waals surface area contributed by atoms with Crippen molar-refractivity contribution in [2.75, 3.05) is 18.4 Å². The van der Waals surface area contributed by atoms with Crippen LogP contribution in [0.2, 0.25) is 0 Å². The maximum absolute atomic E-state index is 12.7. The molecule has 9 nitrogen and oxygen atoms in total. The fourth-order valence-electron chi connectivity index (χ4n) is 3.28. The highest BCUT2D eigenvalue weighted by atomic mass is 16.5. The topological polar surface area (TPSA) is 106 Å². The zero-order valence-electron chi connectivity index (χ0n) is 15.4. The van der Waals surface area contributed by atoms with E-state index in [1.54, 1.807) is 41.0 Å². The zero-order chi connectivity index (χ0) is 19.5. The number of carbonyl (C=O) groups is 2. The molecule has 9 heteroatoms. The van der Waals surface area contributed by atoms with E-state index in [4.69, 9.17) is 4.52 Å². The van der Waals surface area contributed by atoms with Crippen LogP contribution in [-0.2, 0) is 4.79 Å². The molecule has 0 saturated carbocycles. The minimum Gasteiger partial charge on any atom is -0.360 e. The standard InChI is InChI=1S/C19H20N6O3/c1-13-10-17(23-28-13)22-18(26)14-6-8-24(9-7-14)19(27)15-2-4-16(5-3-15)25-12-20-11-21-25/h2-5,10-12,14H,6-9H2,1H3,(H,22,23,26). The molecule has 0 bridgehead atoms. The molecule has 2 amide bonds. The molecule has 1 aliphatic heterocycles. The highest BCUT2D eigenvalue weighted by Gasteiger charge is 2.28. The molecule has 1 N–H and O–H groups in total. The van der Waals surface area contributed by atoms with Gasteiger partial charge in [-0.25, -0.2) is 9.67 Å². The maximum Gasteiger partial charge on any atom is 0.253 e. The van der Waals surface area contributed by atoms with Gasteiger partial charge in [-0.1, -0.05) is 5.16 Å². The molecule has 0 atom stereocenters.